The van der Waals surface area contributed by atoms with E-state index in [9.17, 15) is 18.0 Å². The monoisotopic (exact) mass is 373 g/mol. The zero-order valence-electron chi connectivity index (χ0n) is 13.9. The van der Waals surface area contributed by atoms with Gasteiger partial charge in [0.15, 0.2) is 5.82 Å². The molecule has 0 aliphatic rings. The smallest absolute Gasteiger partial charge is 0.335 e. The molecule has 1 aromatic carbocycles. The minimum Gasteiger partial charge on any atom is -0.348 e. The van der Waals surface area contributed by atoms with Gasteiger partial charge in [-0.25, -0.2) is 9.37 Å². The van der Waals surface area contributed by atoms with Crippen LogP contribution in [0.25, 0.3) is 22.6 Å². The first-order valence-corrected chi connectivity index (χ1v) is 7.82. The summed E-state index contributed by atoms with van der Waals surface area (Å²) in [6.07, 6.45) is 3.56. The van der Waals surface area contributed by atoms with Crippen LogP contribution in [0, 0.1) is 5.82 Å². The molecule has 0 saturated carbocycles. The molecule has 0 unspecified atom stereocenters. The van der Waals surface area contributed by atoms with E-state index in [1.54, 1.807) is 6.07 Å². The van der Waals surface area contributed by atoms with Crippen LogP contribution in [0.2, 0.25) is 0 Å². The highest BCUT2D eigenvalue weighted by molar-refractivity contribution is 5.87. The lowest BCUT2D eigenvalue weighted by atomic mass is 10.0. The van der Waals surface area contributed by atoms with Crippen LogP contribution in [-0.4, -0.2) is 25.7 Å². The number of alkyl halides is 2. The predicted molar refractivity (Wildman–Crippen MR) is 91.9 cm³/mol. The van der Waals surface area contributed by atoms with Gasteiger partial charge in [0.1, 0.15) is 12.1 Å². The molecule has 0 atom stereocenters. The number of nitrogens with one attached hydrogen (secondary N) is 1. The summed E-state index contributed by atoms with van der Waals surface area (Å²) in [6.45, 7) is 0.506. The van der Waals surface area contributed by atoms with Crippen molar-refractivity contribution in [3.63, 3.8) is 0 Å². The molecule has 3 aromatic rings. The van der Waals surface area contributed by atoms with E-state index in [1.165, 1.54) is 30.5 Å². The van der Waals surface area contributed by atoms with Crippen LogP contribution in [-0.2, 0) is 11.3 Å². The van der Waals surface area contributed by atoms with Crippen LogP contribution < -0.4 is 5.32 Å². The van der Waals surface area contributed by atoms with Gasteiger partial charge in [0, 0.05) is 29.4 Å². The summed E-state index contributed by atoms with van der Waals surface area (Å²) in [6, 6.07) is 7.15. The number of carbonyl (C=O) groups excluding carboxylic acids is 1. The van der Waals surface area contributed by atoms with Crippen molar-refractivity contribution in [1.82, 2.24) is 25.1 Å². The van der Waals surface area contributed by atoms with Gasteiger partial charge in [-0.1, -0.05) is 6.58 Å². The summed E-state index contributed by atoms with van der Waals surface area (Å²) in [7, 11) is 0. The van der Waals surface area contributed by atoms with Gasteiger partial charge in [-0.3, -0.25) is 9.78 Å². The topological polar surface area (TPSA) is 72.7 Å². The van der Waals surface area contributed by atoms with Crippen molar-refractivity contribution in [2.45, 2.75) is 13.1 Å². The Morgan fingerprint density at radius 3 is 2.67 bits per heavy atom. The lowest BCUT2D eigenvalue weighted by molar-refractivity contribution is -0.116. The molecule has 1 N–H and O–H groups in total. The van der Waals surface area contributed by atoms with E-state index >= 15 is 0 Å². The Bertz CT molecular complexity index is 969. The number of hydrogen-bond donors (Lipinski definition) is 1. The molecule has 0 spiro atoms. The van der Waals surface area contributed by atoms with Crippen molar-refractivity contribution in [2.24, 2.45) is 0 Å². The van der Waals surface area contributed by atoms with E-state index in [2.05, 4.69) is 27.0 Å². The minimum atomic E-state index is -2.89. The number of halogens is 3. The van der Waals surface area contributed by atoms with Crippen molar-refractivity contribution in [3.05, 3.63) is 66.9 Å². The average molecular weight is 373 g/mol. The number of benzene rings is 1. The lowest BCUT2D eigenvalue weighted by Gasteiger charge is -2.12. The van der Waals surface area contributed by atoms with Gasteiger partial charge in [-0.15, -0.1) is 0 Å². The number of nitrogens with zero attached hydrogens (tertiary/aromatic N) is 4. The summed E-state index contributed by atoms with van der Waals surface area (Å²) >= 11 is 0. The van der Waals surface area contributed by atoms with Crippen LogP contribution in [0.4, 0.5) is 13.2 Å². The second kappa shape index (κ2) is 7.81. The molecule has 2 heterocycles. The van der Waals surface area contributed by atoms with Gasteiger partial charge in [-0.2, -0.15) is 18.6 Å². The van der Waals surface area contributed by atoms with E-state index in [4.69, 9.17) is 0 Å². The number of rotatable bonds is 6. The Kier molecular flexibility index (Phi) is 5.30. The van der Waals surface area contributed by atoms with Crippen molar-refractivity contribution < 1.29 is 18.0 Å². The lowest BCUT2D eigenvalue weighted by Crippen LogP contribution is -2.21. The van der Waals surface area contributed by atoms with E-state index in [0.717, 1.165) is 12.4 Å². The quantitative estimate of drug-likeness (QED) is 0.673. The number of hydrogen-bond acceptors (Lipinski definition) is 4. The normalized spacial score (nSPS) is 10.8. The minimum absolute atomic E-state index is 0.0347. The summed E-state index contributed by atoms with van der Waals surface area (Å²) in [5.74, 6) is -0.891. The van der Waals surface area contributed by atoms with Gasteiger partial charge in [0.25, 0.3) is 0 Å². The van der Waals surface area contributed by atoms with E-state index in [0.29, 0.717) is 27.1 Å². The fourth-order valence-electron chi connectivity index (χ4n) is 2.45. The maximum absolute atomic E-state index is 13.2. The van der Waals surface area contributed by atoms with Crippen LogP contribution in [0.5, 0.6) is 0 Å². The van der Waals surface area contributed by atoms with Crippen molar-refractivity contribution in [1.29, 1.82) is 0 Å². The molecule has 0 fully saturated rings. The van der Waals surface area contributed by atoms with Crippen LogP contribution in [0.3, 0.4) is 0 Å². The molecule has 6 nitrogen and oxygen atoms in total. The Morgan fingerprint density at radius 2 is 2.00 bits per heavy atom. The summed E-state index contributed by atoms with van der Waals surface area (Å²) < 4.78 is 40.1. The maximum Gasteiger partial charge on any atom is 0.335 e. The second-order valence-electron chi connectivity index (χ2n) is 5.46. The SMILES string of the molecule is C=CC(=O)NCc1cnc(-c2ccc(F)cc2)cc1-c1ncnn1C(F)F. The number of amides is 1. The first kappa shape index (κ1) is 18.3. The molecule has 0 bridgehead atoms. The Morgan fingerprint density at radius 1 is 1.26 bits per heavy atom. The highest BCUT2D eigenvalue weighted by Crippen LogP contribution is 2.28. The van der Waals surface area contributed by atoms with Gasteiger partial charge < -0.3 is 5.32 Å². The van der Waals surface area contributed by atoms with Crippen LogP contribution in [0.1, 0.15) is 12.1 Å². The van der Waals surface area contributed by atoms with Crippen molar-refractivity contribution >= 4 is 5.91 Å². The molecule has 0 radical (unpaired) electrons. The van der Waals surface area contributed by atoms with Crippen molar-refractivity contribution in [2.75, 3.05) is 0 Å². The van der Waals surface area contributed by atoms with Gasteiger partial charge in [0.05, 0.1) is 5.69 Å². The largest absolute Gasteiger partial charge is 0.348 e. The zero-order chi connectivity index (χ0) is 19.4. The fourth-order valence-corrected chi connectivity index (χ4v) is 2.45. The maximum atomic E-state index is 13.2. The molecule has 27 heavy (non-hydrogen) atoms. The predicted octanol–water partition coefficient (Wildman–Crippen LogP) is 3.34. The Balaban J connectivity index is 2.08. The van der Waals surface area contributed by atoms with E-state index in [-0.39, 0.29) is 12.4 Å². The van der Waals surface area contributed by atoms with Gasteiger partial charge in [0.2, 0.25) is 5.91 Å². The molecule has 3 rings (SSSR count). The van der Waals surface area contributed by atoms with Crippen LogP contribution in [0.15, 0.2) is 55.5 Å². The summed E-state index contributed by atoms with van der Waals surface area (Å²) in [4.78, 5) is 19.6. The second-order valence-corrected chi connectivity index (χ2v) is 5.46. The average Bonchev–Trinajstić information content (AvgIpc) is 3.16. The highest BCUT2D eigenvalue weighted by atomic mass is 19.3. The third-order valence-electron chi connectivity index (χ3n) is 3.76. The number of aromatic nitrogens is 4. The molecule has 0 aliphatic heterocycles. The molecule has 1 amide bonds. The van der Waals surface area contributed by atoms with Gasteiger partial charge in [-0.05, 0) is 36.4 Å². The third kappa shape index (κ3) is 4.02. The van der Waals surface area contributed by atoms with Crippen LogP contribution >= 0.6 is 0 Å². The molecule has 9 heteroatoms. The first-order chi connectivity index (χ1) is 13.0. The summed E-state index contributed by atoms with van der Waals surface area (Å²) in [5, 5.41) is 6.12. The molecule has 2 aromatic heterocycles. The molecule has 0 aliphatic carbocycles. The van der Waals surface area contributed by atoms with E-state index < -0.39 is 18.3 Å². The molecule has 0 saturated heterocycles. The fraction of sp³-hybridized carbons (Fsp3) is 0.111. The molecular formula is C18H14F3N5O. The van der Waals surface area contributed by atoms with Gasteiger partial charge >= 0.3 is 6.55 Å². The van der Waals surface area contributed by atoms with E-state index in [1.807, 2.05) is 0 Å². The zero-order valence-corrected chi connectivity index (χ0v) is 13.9. The number of pyridine rings is 1. The first-order valence-electron chi connectivity index (χ1n) is 7.82. The Hall–Kier alpha value is -3.49. The van der Waals surface area contributed by atoms with Crippen molar-refractivity contribution in [3.8, 4) is 22.6 Å². The standard InChI is InChI=1S/C18H14F3N5O/c1-2-16(27)23-9-12-8-22-15(11-3-5-13(19)6-4-11)7-14(12)17-24-10-25-26(17)18(20)21/h2-8,10,18H,1,9H2,(H,23,27). The molecular weight excluding hydrogens is 359 g/mol. The molecule has 138 valence electrons. The third-order valence-corrected chi connectivity index (χ3v) is 3.76. The highest BCUT2D eigenvalue weighted by Gasteiger charge is 2.19. The summed E-state index contributed by atoms with van der Waals surface area (Å²) in [5.41, 5.74) is 1.83. The Labute approximate surface area is 152 Å². The number of carbonyl (C=O) groups is 1.